The molecular formula is C13H13BO2P. The molecule has 4 heteroatoms. The Hall–Kier alpha value is -1.31. The summed E-state index contributed by atoms with van der Waals surface area (Å²) in [5.74, 6) is 0.736. The topological polar surface area (TPSA) is 29.5 Å². The first-order valence-electron chi connectivity index (χ1n) is 5.00. The zero-order valence-electron chi connectivity index (χ0n) is 9.58. The molecule has 17 heavy (non-hydrogen) atoms. The van der Waals surface area contributed by atoms with E-state index in [0.717, 1.165) is 16.4 Å². The Balaban J connectivity index is 0.00000144. The molecule has 2 aromatic carbocycles. The fourth-order valence-corrected chi connectivity index (χ4v) is 2.85. The van der Waals surface area contributed by atoms with Gasteiger partial charge in [-0.25, -0.2) is 0 Å². The number of ether oxygens (including phenoxy) is 1. The van der Waals surface area contributed by atoms with Crippen LogP contribution >= 0.6 is 8.15 Å². The number of hydrogen-bond donors (Lipinski definition) is 1. The van der Waals surface area contributed by atoms with Crippen molar-refractivity contribution in [1.82, 2.24) is 0 Å². The number of benzene rings is 2. The van der Waals surface area contributed by atoms with E-state index < -0.39 is 8.15 Å². The number of rotatable bonds is 3. The van der Waals surface area contributed by atoms with Gasteiger partial charge in [0.25, 0.3) is 0 Å². The Morgan fingerprint density at radius 1 is 0.941 bits per heavy atom. The minimum Gasteiger partial charge on any atom is -0.496 e. The van der Waals surface area contributed by atoms with Gasteiger partial charge in [-0.15, -0.1) is 0 Å². The number of para-hydroxylation sites is 1. The average molecular weight is 243 g/mol. The van der Waals surface area contributed by atoms with Gasteiger partial charge in [0.1, 0.15) is 5.75 Å². The van der Waals surface area contributed by atoms with Crippen LogP contribution in [0, 0.1) is 0 Å². The second-order valence-electron chi connectivity index (χ2n) is 3.32. The van der Waals surface area contributed by atoms with E-state index >= 15 is 0 Å². The molecule has 0 fully saturated rings. The van der Waals surface area contributed by atoms with Gasteiger partial charge in [0.2, 0.25) is 0 Å². The van der Waals surface area contributed by atoms with Gasteiger partial charge >= 0.3 is 0 Å². The fraction of sp³-hybridized carbons (Fsp3) is 0.0769. The molecule has 0 aliphatic heterocycles. The van der Waals surface area contributed by atoms with Crippen LogP contribution in [0.2, 0.25) is 0 Å². The quantitative estimate of drug-likeness (QED) is 0.656. The number of methoxy groups -OCH3 is 1. The summed E-state index contributed by atoms with van der Waals surface area (Å²) in [4.78, 5) is 10.3. The van der Waals surface area contributed by atoms with Crippen LogP contribution in [0.5, 0.6) is 5.75 Å². The van der Waals surface area contributed by atoms with Crippen molar-refractivity contribution in [2.75, 3.05) is 7.11 Å². The van der Waals surface area contributed by atoms with Crippen molar-refractivity contribution in [3.63, 3.8) is 0 Å². The molecule has 0 amide bonds. The largest absolute Gasteiger partial charge is 0.496 e. The monoisotopic (exact) mass is 243 g/mol. The molecule has 0 aliphatic rings. The summed E-state index contributed by atoms with van der Waals surface area (Å²) >= 11 is 0. The standard InChI is InChI=1S/C13H13O2P.B/c1-15-12-9-5-6-10-13(12)16(14)11-7-3-2-4-8-11;/h2-10,14H,1H3;. The summed E-state index contributed by atoms with van der Waals surface area (Å²) < 4.78 is 5.24. The van der Waals surface area contributed by atoms with Crippen molar-refractivity contribution in [3.8, 4) is 5.75 Å². The first-order valence-corrected chi connectivity index (χ1v) is 6.29. The lowest BCUT2D eigenvalue weighted by Crippen LogP contribution is -2.13. The minimum atomic E-state index is -1.32. The van der Waals surface area contributed by atoms with E-state index in [9.17, 15) is 4.89 Å². The number of hydrogen-bond acceptors (Lipinski definition) is 2. The zero-order chi connectivity index (χ0) is 11.4. The van der Waals surface area contributed by atoms with Crippen LogP contribution < -0.4 is 15.3 Å². The van der Waals surface area contributed by atoms with Crippen LogP contribution in [0.1, 0.15) is 0 Å². The van der Waals surface area contributed by atoms with Gasteiger partial charge < -0.3 is 9.63 Å². The molecule has 1 unspecified atom stereocenters. The molecule has 0 saturated carbocycles. The molecule has 0 spiro atoms. The second-order valence-corrected chi connectivity index (χ2v) is 4.94. The van der Waals surface area contributed by atoms with Crippen molar-refractivity contribution in [1.29, 1.82) is 0 Å². The molecule has 0 aliphatic carbocycles. The molecule has 0 saturated heterocycles. The van der Waals surface area contributed by atoms with E-state index in [2.05, 4.69) is 0 Å². The maximum absolute atomic E-state index is 10.3. The van der Waals surface area contributed by atoms with E-state index in [1.54, 1.807) is 7.11 Å². The highest BCUT2D eigenvalue weighted by atomic mass is 31.1. The zero-order valence-corrected chi connectivity index (χ0v) is 10.5. The van der Waals surface area contributed by atoms with Crippen LogP contribution in [0.4, 0.5) is 0 Å². The summed E-state index contributed by atoms with van der Waals surface area (Å²) in [7, 11) is 0.296. The van der Waals surface area contributed by atoms with E-state index in [1.807, 2.05) is 54.6 Å². The van der Waals surface area contributed by atoms with Gasteiger partial charge in [-0.1, -0.05) is 42.5 Å². The van der Waals surface area contributed by atoms with E-state index in [4.69, 9.17) is 4.74 Å². The lowest BCUT2D eigenvalue weighted by Gasteiger charge is -2.14. The van der Waals surface area contributed by atoms with Gasteiger partial charge in [0.15, 0.2) is 0 Å². The van der Waals surface area contributed by atoms with Gasteiger partial charge in [-0.05, 0) is 12.1 Å². The Kier molecular flexibility index (Phi) is 5.21. The molecule has 2 nitrogen and oxygen atoms in total. The highest BCUT2D eigenvalue weighted by Crippen LogP contribution is 2.31. The maximum Gasteiger partial charge on any atom is 0.129 e. The predicted molar refractivity (Wildman–Crippen MR) is 73.6 cm³/mol. The van der Waals surface area contributed by atoms with E-state index in [0.29, 0.717) is 0 Å². The highest BCUT2D eigenvalue weighted by Gasteiger charge is 2.14. The van der Waals surface area contributed by atoms with Gasteiger partial charge in [-0.3, -0.25) is 0 Å². The molecule has 0 bridgehead atoms. The Bertz CT molecular complexity index is 462. The summed E-state index contributed by atoms with van der Waals surface area (Å²) in [5, 5.41) is 1.79. The molecule has 1 atom stereocenters. The van der Waals surface area contributed by atoms with Crippen LogP contribution in [0.15, 0.2) is 54.6 Å². The summed E-state index contributed by atoms with van der Waals surface area (Å²) in [6.07, 6.45) is 0. The van der Waals surface area contributed by atoms with Crippen molar-refractivity contribution in [3.05, 3.63) is 54.6 Å². The molecule has 0 heterocycles. The molecule has 3 radical (unpaired) electrons. The van der Waals surface area contributed by atoms with Crippen LogP contribution in [-0.4, -0.2) is 20.4 Å². The van der Waals surface area contributed by atoms with Gasteiger partial charge in [0, 0.05) is 19.0 Å². The molecule has 0 aromatic heterocycles. The summed E-state index contributed by atoms with van der Waals surface area (Å²) in [6.45, 7) is 0. The molecule has 1 N–H and O–H groups in total. The third-order valence-corrected chi connectivity index (χ3v) is 3.93. The van der Waals surface area contributed by atoms with Gasteiger partial charge in [-0.2, -0.15) is 0 Å². The van der Waals surface area contributed by atoms with Crippen molar-refractivity contribution < 1.29 is 9.63 Å². The highest BCUT2D eigenvalue weighted by molar-refractivity contribution is 7.67. The fourth-order valence-electron chi connectivity index (χ4n) is 1.51. The Morgan fingerprint density at radius 2 is 1.53 bits per heavy atom. The summed E-state index contributed by atoms with van der Waals surface area (Å²) in [6, 6.07) is 17.2. The Labute approximate surface area is 105 Å². The SMILES string of the molecule is COc1ccccc1P(O)c1ccccc1.[B]. The molecule has 2 rings (SSSR count). The normalized spacial score (nSPS) is 11.4. The van der Waals surface area contributed by atoms with Crippen molar-refractivity contribution in [2.24, 2.45) is 0 Å². The average Bonchev–Trinajstić information content (AvgIpc) is 2.39. The van der Waals surface area contributed by atoms with E-state index in [1.165, 1.54) is 0 Å². The van der Waals surface area contributed by atoms with Crippen molar-refractivity contribution in [2.45, 2.75) is 0 Å². The minimum absolute atomic E-state index is 0. The molecule has 2 aromatic rings. The molecular weight excluding hydrogens is 230 g/mol. The smallest absolute Gasteiger partial charge is 0.129 e. The predicted octanol–water partition coefficient (Wildman–Crippen LogP) is 1.65. The van der Waals surface area contributed by atoms with Crippen molar-refractivity contribution >= 4 is 27.2 Å². The van der Waals surface area contributed by atoms with Crippen LogP contribution in [0.3, 0.4) is 0 Å². The second kappa shape index (κ2) is 6.44. The maximum atomic E-state index is 10.3. The third-order valence-electron chi connectivity index (χ3n) is 2.31. The lowest BCUT2D eigenvalue weighted by molar-refractivity contribution is 0.418. The van der Waals surface area contributed by atoms with Gasteiger partial charge in [0.05, 0.1) is 15.3 Å². The lowest BCUT2D eigenvalue weighted by atomic mass is 10.3. The van der Waals surface area contributed by atoms with Crippen LogP contribution in [0.25, 0.3) is 0 Å². The Morgan fingerprint density at radius 3 is 2.18 bits per heavy atom. The first-order chi connectivity index (χ1) is 7.83. The van der Waals surface area contributed by atoms with E-state index in [-0.39, 0.29) is 8.41 Å². The van der Waals surface area contributed by atoms with Crippen LogP contribution in [-0.2, 0) is 0 Å². The summed E-state index contributed by atoms with van der Waals surface area (Å²) in [5.41, 5.74) is 0. The molecule has 85 valence electrons. The third kappa shape index (κ3) is 3.09. The first kappa shape index (κ1) is 13.8.